The molecule has 1 N–H and O–H groups in total. The molecule has 1 unspecified atom stereocenters. The molecule has 0 spiro atoms. The van der Waals surface area contributed by atoms with Crippen molar-refractivity contribution in [2.75, 3.05) is 6.61 Å². The molecule has 0 saturated heterocycles. The maximum Gasteiger partial charge on any atom is 0.122 e. The molecule has 1 atom stereocenters. The van der Waals surface area contributed by atoms with E-state index in [1.807, 2.05) is 42.8 Å². The summed E-state index contributed by atoms with van der Waals surface area (Å²) in [4.78, 5) is 0. The highest BCUT2D eigenvalue weighted by molar-refractivity contribution is 5.35. The van der Waals surface area contributed by atoms with Crippen LogP contribution < -0.4 is 4.74 Å². The number of aromatic nitrogens is 2. The first-order valence-electron chi connectivity index (χ1n) is 7.38. The quantitative estimate of drug-likeness (QED) is 0.888. The number of aliphatic hydroxyl groups is 1. The summed E-state index contributed by atoms with van der Waals surface area (Å²) in [6, 6.07) is 9.98. The molecule has 1 aromatic heterocycles. The van der Waals surface area contributed by atoms with Gasteiger partial charge in [-0.15, -0.1) is 0 Å². The van der Waals surface area contributed by atoms with Gasteiger partial charge in [0.25, 0.3) is 0 Å². The number of benzene rings is 1. The molecular weight excluding hydrogens is 264 g/mol. The van der Waals surface area contributed by atoms with Crippen molar-refractivity contribution < 1.29 is 9.84 Å². The van der Waals surface area contributed by atoms with E-state index in [2.05, 4.69) is 25.0 Å². The van der Waals surface area contributed by atoms with Gasteiger partial charge in [0.05, 0.1) is 12.2 Å². The lowest BCUT2D eigenvalue weighted by molar-refractivity contribution is 0.0881. The molecule has 1 aromatic carbocycles. The number of para-hydroxylation sites is 1. The van der Waals surface area contributed by atoms with Crippen molar-refractivity contribution in [1.29, 1.82) is 0 Å². The van der Waals surface area contributed by atoms with E-state index in [-0.39, 0.29) is 6.61 Å². The van der Waals surface area contributed by atoms with Crippen LogP contribution in [0.1, 0.15) is 36.7 Å². The van der Waals surface area contributed by atoms with E-state index in [9.17, 15) is 5.11 Å². The van der Waals surface area contributed by atoms with Gasteiger partial charge >= 0.3 is 0 Å². The number of aliphatic hydroxyl groups excluding tert-OH is 1. The van der Waals surface area contributed by atoms with Crippen LogP contribution in [0.5, 0.6) is 5.75 Å². The lowest BCUT2D eigenvalue weighted by Crippen LogP contribution is -2.25. The third-order valence-electron chi connectivity index (χ3n) is 3.46. The SMILES string of the molecule is Cc1cc(C)n(CC(O)COc2ccccc2C(C)C)n1. The molecule has 21 heavy (non-hydrogen) atoms. The van der Waals surface area contributed by atoms with E-state index >= 15 is 0 Å². The zero-order valence-corrected chi connectivity index (χ0v) is 13.2. The van der Waals surface area contributed by atoms with Gasteiger partial charge in [0.15, 0.2) is 0 Å². The maximum absolute atomic E-state index is 10.1. The molecule has 2 rings (SSSR count). The van der Waals surface area contributed by atoms with Crippen LogP contribution in [0.4, 0.5) is 0 Å². The summed E-state index contributed by atoms with van der Waals surface area (Å²) < 4.78 is 7.61. The van der Waals surface area contributed by atoms with Crippen LogP contribution in [-0.2, 0) is 6.54 Å². The molecule has 0 bridgehead atoms. The summed E-state index contributed by atoms with van der Waals surface area (Å²) in [7, 11) is 0. The summed E-state index contributed by atoms with van der Waals surface area (Å²) in [5, 5.41) is 14.5. The molecule has 4 nitrogen and oxygen atoms in total. The molecule has 0 aliphatic rings. The predicted octanol–water partition coefficient (Wildman–Crippen LogP) is 3.06. The monoisotopic (exact) mass is 288 g/mol. The zero-order valence-electron chi connectivity index (χ0n) is 13.2. The minimum atomic E-state index is -0.580. The van der Waals surface area contributed by atoms with Crippen LogP contribution in [0.25, 0.3) is 0 Å². The smallest absolute Gasteiger partial charge is 0.122 e. The van der Waals surface area contributed by atoms with Crippen LogP contribution in [-0.4, -0.2) is 27.6 Å². The van der Waals surface area contributed by atoms with E-state index < -0.39 is 6.10 Å². The molecule has 0 aliphatic heterocycles. The number of aryl methyl sites for hydroxylation is 2. The van der Waals surface area contributed by atoms with Crippen molar-refractivity contribution in [3.63, 3.8) is 0 Å². The average molecular weight is 288 g/mol. The molecular formula is C17H24N2O2. The topological polar surface area (TPSA) is 47.3 Å². The lowest BCUT2D eigenvalue weighted by Gasteiger charge is -2.17. The van der Waals surface area contributed by atoms with E-state index in [0.717, 1.165) is 22.7 Å². The van der Waals surface area contributed by atoms with Crippen LogP contribution in [0.2, 0.25) is 0 Å². The third kappa shape index (κ3) is 4.08. The molecule has 4 heteroatoms. The molecule has 114 valence electrons. The van der Waals surface area contributed by atoms with Crippen molar-refractivity contribution in [3.8, 4) is 5.75 Å². The van der Waals surface area contributed by atoms with Crippen molar-refractivity contribution in [3.05, 3.63) is 47.3 Å². The zero-order chi connectivity index (χ0) is 15.4. The fraction of sp³-hybridized carbons (Fsp3) is 0.471. The predicted molar refractivity (Wildman–Crippen MR) is 83.7 cm³/mol. The van der Waals surface area contributed by atoms with Gasteiger partial charge in [0, 0.05) is 5.69 Å². The summed E-state index contributed by atoms with van der Waals surface area (Å²) >= 11 is 0. The average Bonchev–Trinajstić information content (AvgIpc) is 2.74. The summed E-state index contributed by atoms with van der Waals surface area (Å²) in [5.74, 6) is 1.24. The molecule has 0 saturated carbocycles. The van der Waals surface area contributed by atoms with Crippen LogP contribution >= 0.6 is 0 Å². The van der Waals surface area contributed by atoms with Crippen LogP contribution in [0.15, 0.2) is 30.3 Å². The van der Waals surface area contributed by atoms with Gasteiger partial charge in [-0.25, -0.2) is 0 Å². The summed E-state index contributed by atoms with van der Waals surface area (Å²) in [5.41, 5.74) is 3.18. The first kappa shape index (κ1) is 15.6. The van der Waals surface area contributed by atoms with E-state index in [4.69, 9.17) is 4.74 Å². The Morgan fingerprint density at radius 3 is 2.57 bits per heavy atom. The van der Waals surface area contributed by atoms with E-state index in [1.54, 1.807) is 0 Å². The Hall–Kier alpha value is -1.81. The fourth-order valence-electron chi connectivity index (χ4n) is 2.39. The highest BCUT2D eigenvalue weighted by Crippen LogP contribution is 2.25. The molecule has 2 aromatic rings. The first-order valence-corrected chi connectivity index (χ1v) is 7.38. The Kier molecular flexibility index (Phi) is 5.02. The highest BCUT2D eigenvalue weighted by atomic mass is 16.5. The van der Waals surface area contributed by atoms with Crippen molar-refractivity contribution in [1.82, 2.24) is 9.78 Å². The van der Waals surface area contributed by atoms with Gasteiger partial charge in [-0.05, 0) is 37.5 Å². The fourth-order valence-corrected chi connectivity index (χ4v) is 2.39. The maximum atomic E-state index is 10.1. The second-order valence-corrected chi connectivity index (χ2v) is 5.77. The number of hydrogen-bond acceptors (Lipinski definition) is 3. The Morgan fingerprint density at radius 2 is 1.95 bits per heavy atom. The largest absolute Gasteiger partial charge is 0.491 e. The number of rotatable bonds is 6. The Balaban J connectivity index is 1.95. The van der Waals surface area contributed by atoms with E-state index in [0.29, 0.717) is 12.5 Å². The van der Waals surface area contributed by atoms with Gasteiger partial charge in [-0.3, -0.25) is 4.68 Å². The molecule has 0 fully saturated rings. The molecule has 0 radical (unpaired) electrons. The Morgan fingerprint density at radius 1 is 1.24 bits per heavy atom. The molecule has 0 aliphatic carbocycles. The number of nitrogens with zero attached hydrogens (tertiary/aromatic N) is 2. The summed E-state index contributed by atoms with van der Waals surface area (Å²) in [6.45, 7) is 8.92. The third-order valence-corrected chi connectivity index (χ3v) is 3.46. The van der Waals surface area contributed by atoms with Gasteiger partial charge in [0.2, 0.25) is 0 Å². The standard InChI is InChI=1S/C17H24N2O2/c1-12(2)16-7-5-6-8-17(16)21-11-15(20)10-19-14(4)9-13(3)18-19/h5-9,12,15,20H,10-11H2,1-4H3. The lowest BCUT2D eigenvalue weighted by atomic mass is 10.0. The van der Waals surface area contributed by atoms with Crippen molar-refractivity contribution in [2.24, 2.45) is 0 Å². The second-order valence-electron chi connectivity index (χ2n) is 5.77. The normalized spacial score (nSPS) is 12.7. The molecule has 0 amide bonds. The number of ether oxygens (including phenoxy) is 1. The Bertz CT molecular complexity index is 590. The molecule has 1 heterocycles. The van der Waals surface area contributed by atoms with Gasteiger partial charge in [0.1, 0.15) is 18.5 Å². The highest BCUT2D eigenvalue weighted by Gasteiger charge is 2.12. The van der Waals surface area contributed by atoms with Gasteiger partial charge in [-0.2, -0.15) is 5.10 Å². The van der Waals surface area contributed by atoms with Gasteiger partial charge in [-0.1, -0.05) is 32.0 Å². The van der Waals surface area contributed by atoms with Crippen molar-refractivity contribution in [2.45, 2.75) is 46.3 Å². The van der Waals surface area contributed by atoms with Gasteiger partial charge < -0.3 is 9.84 Å². The summed E-state index contributed by atoms with van der Waals surface area (Å²) in [6.07, 6.45) is -0.580. The number of hydrogen-bond donors (Lipinski definition) is 1. The minimum Gasteiger partial charge on any atom is -0.491 e. The Labute approximate surface area is 126 Å². The second kappa shape index (κ2) is 6.76. The van der Waals surface area contributed by atoms with E-state index in [1.165, 1.54) is 0 Å². The van der Waals surface area contributed by atoms with Crippen molar-refractivity contribution >= 4 is 0 Å². The first-order chi connectivity index (χ1) is 9.97. The van der Waals surface area contributed by atoms with Crippen LogP contribution in [0.3, 0.4) is 0 Å². The van der Waals surface area contributed by atoms with Crippen LogP contribution in [0, 0.1) is 13.8 Å². The minimum absolute atomic E-state index is 0.266.